The summed E-state index contributed by atoms with van der Waals surface area (Å²) in [5, 5.41) is 2.71. The van der Waals surface area contributed by atoms with Crippen LogP contribution in [-0.4, -0.2) is 12.6 Å². The molecule has 0 atom stereocenters. The quantitative estimate of drug-likeness (QED) is 0.895. The minimum absolute atomic E-state index is 0.196. The van der Waals surface area contributed by atoms with Gasteiger partial charge in [0, 0.05) is 18.3 Å². The standard InChI is InChI=1S/C14H16N2O2/c1-3-16(12-7-4-6-11(2)10-12)14(17)15-13-8-5-9-18-13/h4-10H,3H2,1-2H3,(H,15,17). The predicted octanol–water partition coefficient (Wildman–Crippen LogP) is 3.65. The SMILES string of the molecule is CCN(C(=O)Nc1ccco1)c1cccc(C)c1. The second-order valence-electron chi connectivity index (χ2n) is 3.99. The molecule has 0 bridgehead atoms. The van der Waals surface area contributed by atoms with E-state index in [0.29, 0.717) is 12.4 Å². The predicted molar refractivity (Wildman–Crippen MR) is 71.9 cm³/mol. The molecule has 1 heterocycles. The lowest BCUT2D eigenvalue weighted by Crippen LogP contribution is -2.34. The summed E-state index contributed by atoms with van der Waals surface area (Å²) in [6, 6.07) is 11.1. The van der Waals surface area contributed by atoms with Crippen molar-refractivity contribution in [3.05, 3.63) is 48.2 Å². The maximum Gasteiger partial charge on any atom is 0.328 e. The Morgan fingerprint density at radius 1 is 1.33 bits per heavy atom. The molecule has 0 unspecified atom stereocenters. The molecule has 2 amide bonds. The van der Waals surface area contributed by atoms with Gasteiger partial charge in [0.05, 0.1) is 6.26 Å². The molecule has 4 heteroatoms. The molecule has 2 rings (SSSR count). The second kappa shape index (κ2) is 5.40. The Morgan fingerprint density at radius 2 is 2.17 bits per heavy atom. The van der Waals surface area contributed by atoms with Crippen LogP contribution in [0.3, 0.4) is 0 Å². The number of rotatable bonds is 3. The average Bonchev–Trinajstić information content (AvgIpc) is 2.83. The minimum Gasteiger partial charge on any atom is -0.449 e. The highest BCUT2D eigenvalue weighted by Gasteiger charge is 2.14. The van der Waals surface area contributed by atoms with E-state index in [-0.39, 0.29) is 6.03 Å². The fourth-order valence-electron chi connectivity index (χ4n) is 1.76. The number of carbonyl (C=O) groups excluding carboxylic acids is 1. The van der Waals surface area contributed by atoms with Crippen LogP contribution < -0.4 is 10.2 Å². The maximum absolute atomic E-state index is 12.1. The number of nitrogens with one attached hydrogen (secondary N) is 1. The van der Waals surface area contributed by atoms with Gasteiger partial charge in [-0.3, -0.25) is 10.2 Å². The first-order chi connectivity index (χ1) is 8.70. The van der Waals surface area contributed by atoms with Crippen molar-refractivity contribution in [1.82, 2.24) is 0 Å². The molecule has 1 aromatic carbocycles. The monoisotopic (exact) mass is 244 g/mol. The van der Waals surface area contributed by atoms with Crippen LogP contribution in [0.4, 0.5) is 16.4 Å². The Hall–Kier alpha value is -2.23. The first-order valence-electron chi connectivity index (χ1n) is 5.89. The van der Waals surface area contributed by atoms with E-state index in [0.717, 1.165) is 11.3 Å². The van der Waals surface area contributed by atoms with Gasteiger partial charge in [0.2, 0.25) is 5.88 Å². The third-order valence-electron chi connectivity index (χ3n) is 2.63. The summed E-state index contributed by atoms with van der Waals surface area (Å²) < 4.78 is 5.10. The van der Waals surface area contributed by atoms with Crippen molar-refractivity contribution in [2.75, 3.05) is 16.8 Å². The van der Waals surface area contributed by atoms with Crippen molar-refractivity contribution in [3.8, 4) is 0 Å². The molecular weight excluding hydrogens is 228 g/mol. The van der Waals surface area contributed by atoms with Gasteiger partial charge in [0.1, 0.15) is 0 Å². The molecule has 0 spiro atoms. The van der Waals surface area contributed by atoms with Gasteiger partial charge in [-0.25, -0.2) is 4.79 Å². The van der Waals surface area contributed by atoms with Crippen molar-refractivity contribution < 1.29 is 9.21 Å². The summed E-state index contributed by atoms with van der Waals surface area (Å²) in [4.78, 5) is 13.8. The maximum atomic E-state index is 12.1. The van der Waals surface area contributed by atoms with E-state index < -0.39 is 0 Å². The molecule has 94 valence electrons. The van der Waals surface area contributed by atoms with Crippen LogP contribution in [0.5, 0.6) is 0 Å². The second-order valence-corrected chi connectivity index (χ2v) is 3.99. The summed E-state index contributed by atoms with van der Waals surface area (Å²) >= 11 is 0. The van der Waals surface area contributed by atoms with Gasteiger partial charge in [-0.2, -0.15) is 0 Å². The van der Waals surface area contributed by atoms with Gasteiger partial charge in [0.25, 0.3) is 0 Å². The van der Waals surface area contributed by atoms with E-state index in [2.05, 4.69) is 5.32 Å². The van der Waals surface area contributed by atoms with Gasteiger partial charge >= 0.3 is 6.03 Å². The number of nitrogens with zero attached hydrogens (tertiary/aromatic N) is 1. The molecule has 1 N–H and O–H groups in total. The third-order valence-corrected chi connectivity index (χ3v) is 2.63. The fraction of sp³-hybridized carbons (Fsp3) is 0.214. The number of hydrogen-bond donors (Lipinski definition) is 1. The Labute approximate surface area is 106 Å². The lowest BCUT2D eigenvalue weighted by Gasteiger charge is -2.21. The summed E-state index contributed by atoms with van der Waals surface area (Å²) in [5.74, 6) is 0.450. The smallest absolute Gasteiger partial charge is 0.328 e. The van der Waals surface area contributed by atoms with Crippen molar-refractivity contribution in [2.45, 2.75) is 13.8 Å². The van der Waals surface area contributed by atoms with Crippen molar-refractivity contribution >= 4 is 17.6 Å². The van der Waals surface area contributed by atoms with E-state index in [9.17, 15) is 4.79 Å². The summed E-state index contributed by atoms with van der Waals surface area (Å²) in [6.45, 7) is 4.53. The molecule has 0 fully saturated rings. The molecule has 0 saturated heterocycles. The Kier molecular flexibility index (Phi) is 3.67. The van der Waals surface area contributed by atoms with E-state index in [1.54, 1.807) is 17.0 Å². The van der Waals surface area contributed by atoms with E-state index in [1.807, 2.05) is 38.1 Å². The minimum atomic E-state index is -0.196. The van der Waals surface area contributed by atoms with Gasteiger partial charge < -0.3 is 4.42 Å². The zero-order chi connectivity index (χ0) is 13.0. The highest BCUT2D eigenvalue weighted by atomic mass is 16.3. The summed E-state index contributed by atoms with van der Waals surface area (Å²) in [6.07, 6.45) is 1.53. The van der Waals surface area contributed by atoms with Crippen LogP contribution >= 0.6 is 0 Å². The highest BCUT2D eigenvalue weighted by Crippen LogP contribution is 2.17. The fourth-order valence-corrected chi connectivity index (χ4v) is 1.76. The van der Waals surface area contributed by atoms with E-state index >= 15 is 0 Å². The molecule has 0 saturated carbocycles. The van der Waals surface area contributed by atoms with Crippen LogP contribution in [-0.2, 0) is 0 Å². The highest BCUT2D eigenvalue weighted by molar-refractivity contribution is 6.00. The first kappa shape index (κ1) is 12.2. The number of urea groups is 1. The van der Waals surface area contributed by atoms with Crippen LogP contribution in [0.1, 0.15) is 12.5 Å². The lowest BCUT2D eigenvalue weighted by molar-refractivity contribution is 0.256. The number of hydrogen-bond acceptors (Lipinski definition) is 2. The lowest BCUT2D eigenvalue weighted by atomic mass is 10.2. The normalized spacial score (nSPS) is 10.1. The molecule has 0 radical (unpaired) electrons. The van der Waals surface area contributed by atoms with E-state index in [1.165, 1.54) is 6.26 Å². The number of furan rings is 1. The van der Waals surface area contributed by atoms with Gasteiger partial charge in [-0.05, 0) is 37.6 Å². The number of amides is 2. The number of carbonyl (C=O) groups is 1. The topological polar surface area (TPSA) is 45.5 Å². The molecule has 2 aromatic rings. The molecular formula is C14H16N2O2. The molecule has 0 aliphatic heterocycles. The number of anilines is 2. The van der Waals surface area contributed by atoms with Crippen LogP contribution in [0.25, 0.3) is 0 Å². The number of benzene rings is 1. The third kappa shape index (κ3) is 2.71. The summed E-state index contributed by atoms with van der Waals surface area (Å²) in [5.41, 5.74) is 2.00. The first-order valence-corrected chi connectivity index (χ1v) is 5.89. The van der Waals surface area contributed by atoms with Crippen molar-refractivity contribution in [2.24, 2.45) is 0 Å². The molecule has 1 aromatic heterocycles. The number of aryl methyl sites for hydroxylation is 1. The van der Waals surface area contributed by atoms with Gasteiger partial charge in [-0.1, -0.05) is 12.1 Å². The average molecular weight is 244 g/mol. The molecule has 18 heavy (non-hydrogen) atoms. The zero-order valence-electron chi connectivity index (χ0n) is 10.5. The Balaban J connectivity index is 2.15. The molecule has 0 aliphatic carbocycles. The molecule has 4 nitrogen and oxygen atoms in total. The van der Waals surface area contributed by atoms with Crippen LogP contribution in [0.15, 0.2) is 47.1 Å². The van der Waals surface area contributed by atoms with Crippen molar-refractivity contribution in [1.29, 1.82) is 0 Å². The Bertz CT molecular complexity index is 520. The largest absolute Gasteiger partial charge is 0.449 e. The zero-order valence-corrected chi connectivity index (χ0v) is 10.5. The van der Waals surface area contributed by atoms with Crippen LogP contribution in [0.2, 0.25) is 0 Å². The van der Waals surface area contributed by atoms with Crippen molar-refractivity contribution in [3.63, 3.8) is 0 Å². The van der Waals surface area contributed by atoms with Crippen LogP contribution in [0, 0.1) is 6.92 Å². The summed E-state index contributed by atoms with van der Waals surface area (Å²) in [7, 11) is 0. The Morgan fingerprint density at radius 3 is 2.78 bits per heavy atom. The molecule has 0 aliphatic rings. The van der Waals surface area contributed by atoms with Gasteiger partial charge in [-0.15, -0.1) is 0 Å². The van der Waals surface area contributed by atoms with E-state index in [4.69, 9.17) is 4.42 Å². The van der Waals surface area contributed by atoms with Gasteiger partial charge in [0.15, 0.2) is 0 Å².